The van der Waals surface area contributed by atoms with Crippen molar-refractivity contribution in [1.82, 2.24) is 5.32 Å². The van der Waals surface area contributed by atoms with Gasteiger partial charge in [-0.1, -0.05) is 6.07 Å². The SMILES string of the molecule is Cc1ccc(O)c2c1[C@]13CCN[C@H](C)[C@]1(O)CC=C(O)[C@@H]3O2. The molecule has 22 heavy (non-hydrogen) atoms. The lowest BCUT2D eigenvalue weighted by Crippen LogP contribution is -2.71. The number of nitrogens with one attached hydrogen (secondary N) is 1. The fourth-order valence-corrected chi connectivity index (χ4v) is 4.69. The first-order valence-corrected chi connectivity index (χ1v) is 7.76. The number of fused-ring (bicyclic) bond motifs is 1. The van der Waals surface area contributed by atoms with Gasteiger partial charge in [0.2, 0.25) is 0 Å². The molecule has 0 bridgehead atoms. The van der Waals surface area contributed by atoms with Gasteiger partial charge in [0.25, 0.3) is 0 Å². The Morgan fingerprint density at radius 2 is 2.09 bits per heavy atom. The van der Waals surface area contributed by atoms with Crippen LogP contribution < -0.4 is 10.1 Å². The number of hydrogen-bond acceptors (Lipinski definition) is 5. The standard InChI is InChI=1S/C17H21NO4/c1-9-3-4-11(19)14-13(9)16-7-8-18-10(2)17(16,21)6-5-12(20)15(16)22-14/h3-5,10,15,18-21H,6-8H2,1-2H3/t10-,15+,16+,17-/m1/s1. The number of piperidine rings is 1. The van der Waals surface area contributed by atoms with Crippen molar-refractivity contribution in [2.24, 2.45) is 0 Å². The molecule has 1 aromatic carbocycles. The van der Waals surface area contributed by atoms with Gasteiger partial charge in [-0.05, 0) is 44.5 Å². The van der Waals surface area contributed by atoms with Crippen molar-refractivity contribution in [1.29, 1.82) is 0 Å². The number of phenolic OH excluding ortho intramolecular Hbond substituents is 1. The van der Waals surface area contributed by atoms with E-state index in [2.05, 4.69) is 5.32 Å². The van der Waals surface area contributed by atoms with E-state index in [4.69, 9.17) is 4.74 Å². The fourth-order valence-electron chi connectivity index (χ4n) is 4.69. The Balaban J connectivity index is 2.05. The Hall–Kier alpha value is -1.72. The highest BCUT2D eigenvalue weighted by atomic mass is 16.5. The second-order valence-corrected chi connectivity index (χ2v) is 6.76. The van der Waals surface area contributed by atoms with Crippen molar-refractivity contribution in [2.45, 2.75) is 49.9 Å². The molecular weight excluding hydrogens is 282 g/mol. The lowest BCUT2D eigenvalue weighted by Gasteiger charge is -2.55. The maximum atomic E-state index is 11.5. The van der Waals surface area contributed by atoms with Gasteiger partial charge in [0.05, 0.1) is 11.0 Å². The predicted octanol–water partition coefficient (Wildman–Crippen LogP) is 1.66. The third-order valence-electron chi connectivity index (χ3n) is 5.82. The average molecular weight is 303 g/mol. The Morgan fingerprint density at radius 1 is 1.32 bits per heavy atom. The van der Waals surface area contributed by atoms with Crippen molar-refractivity contribution in [2.75, 3.05) is 6.54 Å². The molecule has 1 aliphatic carbocycles. The van der Waals surface area contributed by atoms with Crippen LogP contribution in [-0.4, -0.2) is 39.6 Å². The van der Waals surface area contributed by atoms with Gasteiger partial charge in [-0.3, -0.25) is 0 Å². The molecule has 0 aromatic heterocycles. The van der Waals surface area contributed by atoms with Gasteiger partial charge in [0, 0.05) is 18.0 Å². The van der Waals surface area contributed by atoms with Crippen molar-refractivity contribution in [3.63, 3.8) is 0 Å². The molecule has 2 aliphatic heterocycles. The van der Waals surface area contributed by atoms with Crippen LogP contribution in [0.25, 0.3) is 0 Å². The summed E-state index contributed by atoms with van der Waals surface area (Å²) in [5.41, 5.74) is 0.0196. The lowest BCUT2D eigenvalue weighted by atomic mass is 9.54. The molecule has 5 nitrogen and oxygen atoms in total. The molecule has 0 radical (unpaired) electrons. The summed E-state index contributed by atoms with van der Waals surface area (Å²) < 4.78 is 5.95. The molecule has 0 amide bonds. The minimum atomic E-state index is -1.06. The number of hydrogen-bond donors (Lipinski definition) is 4. The zero-order valence-electron chi connectivity index (χ0n) is 12.8. The highest BCUT2D eigenvalue weighted by Gasteiger charge is 2.67. The Morgan fingerprint density at radius 3 is 2.86 bits per heavy atom. The molecule has 3 aliphatic rings. The molecular formula is C17H21NO4. The Labute approximate surface area is 129 Å². The third-order valence-corrected chi connectivity index (χ3v) is 5.82. The van der Waals surface area contributed by atoms with Crippen LogP contribution in [0.2, 0.25) is 0 Å². The van der Waals surface area contributed by atoms with Gasteiger partial charge in [-0.25, -0.2) is 0 Å². The van der Waals surface area contributed by atoms with Crippen molar-refractivity contribution >= 4 is 0 Å². The molecule has 5 heteroatoms. The van der Waals surface area contributed by atoms with Crippen LogP contribution in [0.1, 0.15) is 30.9 Å². The van der Waals surface area contributed by atoms with E-state index in [1.165, 1.54) is 0 Å². The van der Waals surface area contributed by atoms with E-state index in [-0.39, 0.29) is 17.6 Å². The number of aromatic hydroxyl groups is 1. The van der Waals surface area contributed by atoms with Crippen molar-refractivity contribution < 1.29 is 20.1 Å². The molecule has 0 saturated carbocycles. The summed E-state index contributed by atoms with van der Waals surface area (Å²) in [6.07, 6.45) is 2.01. The molecule has 1 saturated heterocycles. The summed E-state index contributed by atoms with van der Waals surface area (Å²) in [5, 5.41) is 35.4. The van der Waals surface area contributed by atoms with Crippen LogP contribution in [0.15, 0.2) is 24.0 Å². The maximum Gasteiger partial charge on any atom is 0.168 e. The monoisotopic (exact) mass is 303 g/mol. The maximum absolute atomic E-state index is 11.5. The van der Waals surface area contributed by atoms with Crippen LogP contribution in [0.4, 0.5) is 0 Å². The van der Waals surface area contributed by atoms with E-state index >= 15 is 0 Å². The normalized spacial score (nSPS) is 39.3. The van der Waals surface area contributed by atoms with Crippen LogP contribution in [0.3, 0.4) is 0 Å². The minimum Gasteiger partial charge on any atom is -0.509 e. The number of benzene rings is 1. The van der Waals surface area contributed by atoms with Gasteiger partial charge in [0.15, 0.2) is 17.6 Å². The van der Waals surface area contributed by atoms with E-state index in [0.717, 1.165) is 17.7 Å². The number of phenols is 1. The highest BCUT2D eigenvalue weighted by Crippen LogP contribution is 2.61. The summed E-state index contributed by atoms with van der Waals surface area (Å²) >= 11 is 0. The van der Waals surface area contributed by atoms with Gasteiger partial charge in [0.1, 0.15) is 5.76 Å². The van der Waals surface area contributed by atoms with E-state index in [1.54, 1.807) is 12.1 Å². The van der Waals surface area contributed by atoms with Gasteiger partial charge in [-0.2, -0.15) is 0 Å². The second kappa shape index (κ2) is 4.18. The lowest BCUT2D eigenvalue weighted by molar-refractivity contribution is -0.120. The molecule has 1 fully saturated rings. The number of ether oxygens (including phenoxy) is 1. The molecule has 0 unspecified atom stereocenters. The smallest absolute Gasteiger partial charge is 0.168 e. The molecule has 4 N–H and O–H groups in total. The molecule has 4 atom stereocenters. The Bertz CT molecular complexity index is 685. The first kappa shape index (κ1) is 13.9. The summed E-state index contributed by atoms with van der Waals surface area (Å²) in [7, 11) is 0. The molecule has 4 rings (SSSR count). The van der Waals surface area contributed by atoms with Crippen molar-refractivity contribution in [3.8, 4) is 11.5 Å². The molecule has 1 spiro atoms. The minimum absolute atomic E-state index is 0.0608. The van der Waals surface area contributed by atoms with E-state index in [0.29, 0.717) is 18.6 Å². The van der Waals surface area contributed by atoms with E-state index in [9.17, 15) is 15.3 Å². The zero-order chi connectivity index (χ0) is 15.7. The fraction of sp³-hybridized carbons (Fsp3) is 0.529. The number of aliphatic hydroxyl groups excluding tert-OH is 1. The highest BCUT2D eigenvalue weighted by molar-refractivity contribution is 5.61. The summed E-state index contributed by atoms with van der Waals surface area (Å²) in [6, 6.07) is 3.31. The predicted molar refractivity (Wildman–Crippen MR) is 81.3 cm³/mol. The third kappa shape index (κ3) is 1.36. The quantitative estimate of drug-likeness (QED) is 0.586. The Kier molecular flexibility index (Phi) is 2.64. The van der Waals surface area contributed by atoms with Crippen LogP contribution in [0.5, 0.6) is 11.5 Å². The average Bonchev–Trinajstić information content (AvgIpc) is 2.85. The van der Waals surface area contributed by atoms with Crippen molar-refractivity contribution in [3.05, 3.63) is 35.1 Å². The molecule has 2 heterocycles. The van der Waals surface area contributed by atoms with E-state index in [1.807, 2.05) is 19.9 Å². The van der Waals surface area contributed by atoms with Gasteiger partial charge >= 0.3 is 0 Å². The summed E-state index contributed by atoms with van der Waals surface area (Å²) in [6.45, 7) is 4.65. The summed E-state index contributed by atoms with van der Waals surface area (Å²) in [5.74, 6) is 0.610. The summed E-state index contributed by atoms with van der Waals surface area (Å²) in [4.78, 5) is 0. The van der Waals surface area contributed by atoms with Gasteiger partial charge in [-0.15, -0.1) is 0 Å². The van der Waals surface area contributed by atoms with Crippen LogP contribution >= 0.6 is 0 Å². The largest absolute Gasteiger partial charge is 0.509 e. The van der Waals surface area contributed by atoms with Gasteiger partial charge < -0.3 is 25.4 Å². The van der Waals surface area contributed by atoms with Crippen LogP contribution in [0, 0.1) is 6.92 Å². The number of rotatable bonds is 0. The zero-order valence-corrected chi connectivity index (χ0v) is 12.8. The number of aliphatic hydroxyl groups is 2. The first-order chi connectivity index (χ1) is 10.4. The molecule has 118 valence electrons. The van der Waals surface area contributed by atoms with E-state index < -0.39 is 17.1 Å². The molecule has 1 aromatic rings. The number of aryl methyl sites for hydroxylation is 1. The topological polar surface area (TPSA) is 82.0 Å². The first-order valence-electron chi connectivity index (χ1n) is 7.76. The van der Waals surface area contributed by atoms with Crippen LogP contribution in [-0.2, 0) is 5.41 Å². The second-order valence-electron chi connectivity index (χ2n) is 6.76.